The topological polar surface area (TPSA) is 49.0 Å². The number of rotatable bonds is 1. The molecule has 1 aromatic heterocycles. The van der Waals surface area contributed by atoms with Gasteiger partial charge in [-0.2, -0.15) is 5.10 Å². The van der Waals surface area contributed by atoms with Gasteiger partial charge in [-0.05, 0) is 25.0 Å². The van der Waals surface area contributed by atoms with Crippen molar-refractivity contribution < 1.29 is 4.79 Å². The fraction of sp³-hybridized carbons (Fsp3) is 0.231. The molecule has 1 unspecified atom stereocenters. The normalized spacial score (nSPS) is 18.2. The number of hydrogen-bond donors (Lipinski definition) is 1. The van der Waals surface area contributed by atoms with Gasteiger partial charge in [-0.15, -0.1) is 0 Å². The van der Waals surface area contributed by atoms with Crippen molar-refractivity contribution >= 4 is 11.6 Å². The number of anilines is 1. The van der Waals surface area contributed by atoms with E-state index >= 15 is 0 Å². The van der Waals surface area contributed by atoms with E-state index in [1.54, 1.807) is 12.4 Å². The number of benzene rings is 1. The van der Waals surface area contributed by atoms with Gasteiger partial charge in [0.15, 0.2) is 0 Å². The summed E-state index contributed by atoms with van der Waals surface area (Å²) in [5.41, 5.74) is 2.86. The lowest BCUT2D eigenvalue weighted by atomic mass is 10.1. The van der Waals surface area contributed by atoms with Crippen molar-refractivity contribution in [2.75, 3.05) is 4.90 Å². The first-order chi connectivity index (χ1) is 8.27. The number of carbonyl (C=O) groups excluding carboxylic acids is 1. The van der Waals surface area contributed by atoms with Crippen LogP contribution in [0.1, 0.15) is 22.8 Å². The van der Waals surface area contributed by atoms with E-state index in [0.29, 0.717) is 5.56 Å². The molecule has 0 spiro atoms. The van der Waals surface area contributed by atoms with Crippen LogP contribution in [0.5, 0.6) is 0 Å². The van der Waals surface area contributed by atoms with Gasteiger partial charge in [-0.1, -0.05) is 18.2 Å². The van der Waals surface area contributed by atoms with Crippen molar-refractivity contribution in [3.63, 3.8) is 0 Å². The van der Waals surface area contributed by atoms with E-state index in [2.05, 4.69) is 23.2 Å². The van der Waals surface area contributed by atoms with Crippen LogP contribution in [0, 0.1) is 0 Å². The molecule has 86 valence electrons. The number of para-hydroxylation sites is 1. The second-order valence-corrected chi connectivity index (χ2v) is 4.34. The zero-order chi connectivity index (χ0) is 11.8. The van der Waals surface area contributed by atoms with E-state index in [1.165, 1.54) is 5.56 Å². The van der Waals surface area contributed by atoms with Crippen molar-refractivity contribution in [3.8, 4) is 0 Å². The minimum atomic E-state index is 0.0104. The van der Waals surface area contributed by atoms with Gasteiger partial charge in [0.05, 0.1) is 11.8 Å². The maximum Gasteiger partial charge on any atom is 0.261 e. The summed E-state index contributed by atoms with van der Waals surface area (Å²) in [6.07, 6.45) is 4.12. The molecule has 0 aliphatic carbocycles. The molecule has 0 fully saturated rings. The average molecular weight is 227 g/mol. The quantitative estimate of drug-likeness (QED) is 0.810. The number of nitrogens with one attached hydrogen (secondary N) is 1. The highest BCUT2D eigenvalue weighted by atomic mass is 16.2. The number of aromatic amines is 1. The molecular formula is C13H13N3O. The van der Waals surface area contributed by atoms with Crippen molar-refractivity contribution in [1.29, 1.82) is 0 Å². The molecule has 0 bridgehead atoms. The largest absolute Gasteiger partial charge is 0.305 e. The van der Waals surface area contributed by atoms with Gasteiger partial charge < -0.3 is 4.90 Å². The van der Waals surface area contributed by atoms with Crippen LogP contribution in [0.4, 0.5) is 5.69 Å². The van der Waals surface area contributed by atoms with Crippen LogP contribution < -0.4 is 4.90 Å². The second kappa shape index (κ2) is 3.73. The Kier molecular flexibility index (Phi) is 2.21. The minimum Gasteiger partial charge on any atom is -0.305 e. The van der Waals surface area contributed by atoms with Crippen molar-refractivity contribution in [3.05, 3.63) is 47.8 Å². The molecule has 0 saturated heterocycles. The summed E-state index contributed by atoms with van der Waals surface area (Å²) in [7, 11) is 0. The molecule has 17 heavy (non-hydrogen) atoms. The minimum absolute atomic E-state index is 0.0104. The van der Waals surface area contributed by atoms with Gasteiger partial charge in [-0.3, -0.25) is 9.89 Å². The van der Waals surface area contributed by atoms with Crippen molar-refractivity contribution in [2.45, 2.75) is 19.4 Å². The van der Waals surface area contributed by atoms with Crippen molar-refractivity contribution in [2.24, 2.45) is 0 Å². The average Bonchev–Trinajstić information content (AvgIpc) is 2.94. The van der Waals surface area contributed by atoms with Crippen LogP contribution in [0.2, 0.25) is 0 Å². The first-order valence-electron chi connectivity index (χ1n) is 5.67. The van der Waals surface area contributed by atoms with Crippen LogP contribution in [-0.4, -0.2) is 22.1 Å². The van der Waals surface area contributed by atoms with Gasteiger partial charge in [-0.25, -0.2) is 0 Å². The summed E-state index contributed by atoms with van der Waals surface area (Å²) in [6, 6.07) is 8.25. The van der Waals surface area contributed by atoms with Gasteiger partial charge in [0.2, 0.25) is 0 Å². The maximum atomic E-state index is 12.3. The van der Waals surface area contributed by atoms with E-state index in [1.807, 2.05) is 23.1 Å². The number of nitrogens with zero attached hydrogens (tertiary/aromatic N) is 2. The molecular weight excluding hydrogens is 214 g/mol. The Bertz CT molecular complexity index is 548. The Labute approximate surface area is 99.3 Å². The third-order valence-electron chi connectivity index (χ3n) is 3.17. The van der Waals surface area contributed by atoms with Crippen LogP contribution in [-0.2, 0) is 6.42 Å². The Hall–Kier alpha value is -2.10. The number of aromatic nitrogens is 2. The lowest BCUT2D eigenvalue weighted by molar-refractivity contribution is 0.0981. The highest BCUT2D eigenvalue weighted by Crippen LogP contribution is 2.32. The Morgan fingerprint density at radius 3 is 3.06 bits per heavy atom. The molecule has 1 aromatic carbocycles. The standard InChI is InChI=1S/C13H13N3O/c1-9-6-10-4-2-3-5-12(10)16(9)13(17)11-7-14-15-8-11/h2-5,7-9H,6H2,1H3,(H,14,15). The smallest absolute Gasteiger partial charge is 0.261 e. The SMILES string of the molecule is CC1Cc2ccccc2N1C(=O)c1cn[nH]c1. The van der Waals surface area contributed by atoms with Gasteiger partial charge >= 0.3 is 0 Å². The van der Waals surface area contributed by atoms with Crippen LogP contribution in [0.3, 0.4) is 0 Å². The highest BCUT2D eigenvalue weighted by Gasteiger charge is 2.31. The Morgan fingerprint density at radius 2 is 2.29 bits per heavy atom. The van der Waals surface area contributed by atoms with E-state index in [0.717, 1.165) is 12.1 Å². The summed E-state index contributed by atoms with van der Waals surface area (Å²) in [5, 5.41) is 6.50. The second-order valence-electron chi connectivity index (χ2n) is 4.34. The first-order valence-corrected chi connectivity index (χ1v) is 5.67. The predicted molar refractivity (Wildman–Crippen MR) is 65.0 cm³/mol. The van der Waals surface area contributed by atoms with Gasteiger partial charge in [0.25, 0.3) is 5.91 Å². The number of fused-ring (bicyclic) bond motifs is 1. The molecule has 1 amide bonds. The third kappa shape index (κ3) is 1.53. The molecule has 0 saturated carbocycles. The number of carbonyl (C=O) groups is 1. The lowest BCUT2D eigenvalue weighted by Crippen LogP contribution is -2.35. The zero-order valence-electron chi connectivity index (χ0n) is 9.55. The van der Waals surface area contributed by atoms with Gasteiger partial charge in [0.1, 0.15) is 0 Å². The number of hydrogen-bond acceptors (Lipinski definition) is 2. The number of amides is 1. The van der Waals surface area contributed by atoms with Crippen LogP contribution in [0.25, 0.3) is 0 Å². The van der Waals surface area contributed by atoms with E-state index in [-0.39, 0.29) is 11.9 Å². The summed E-state index contributed by atoms with van der Waals surface area (Å²) in [4.78, 5) is 14.2. The van der Waals surface area contributed by atoms with E-state index < -0.39 is 0 Å². The van der Waals surface area contributed by atoms with Crippen LogP contribution >= 0.6 is 0 Å². The summed E-state index contributed by atoms with van der Waals surface area (Å²) in [5.74, 6) is 0.0104. The van der Waals surface area contributed by atoms with Crippen molar-refractivity contribution in [1.82, 2.24) is 10.2 Å². The zero-order valence-corrected chi connectivity index (χ0v) is 9.55. The molecule has 1 atom stereocenters. The number of H-pyrrole nitrogens is 1. The Morgan fingerprint density at radius 1 is 1.47 bits per heavy atom. The summed E-state index contributed by atoms with van der Waals surface area (Å²) < 4.78 is 0. The highest BCUT2D eigenvalue weighted by molar-refractivity contribution is 6.07. The molecule has 2 heterocycles. The Balaban J connectivity index is 2.01. The molecule has 1 aliphatic heterocycles. The molecule has 4 nitrogen and oxygen atoms in total. The first kappa shape index (κ1) is 10.1. The monoisotopic (exact) mass is 227 g/mol. The summed E-state index contributed by atoms with van der Waals surface area (Å²) >= 11 is 0. The molecule has 0 radical (unpaired) electrons. The molecule has 2 aromatic rings. The van der Waals surface area contributed by atoms with Gasteiger partial charge in [0, 0.05) is 17.9 Å². The fourth-order valence-electron chi connectivity index (χ4n) is 2.38. The van der Waals surface area contributed by atoms with E-state index in [9.17, 15) is 4.79 Å². The third-order valence-corrected chi connectivity index (χ3v) is 3.17. The molecule has 1 N–H and O–H groups in total. The fourth-order valence-corrected chi connectivity index (χ4v) is 2.38. The van der Waals surface area contributed by atoms with Crippen LogP contribution in [0.15, 0.2) is 36.7 Å². The maximum absolute atomic E-state index is 12.3. The van der Waals surface area contributed by atoms with E-state index in [4.69, 9.17) is 0 Å². The molecule has 4 heteroatoms. The lowest BCUT2D eigenvalue weighted by Gasteiger charge is -2.21. The summed E-state index contributed by atoms with van der Waals surface area (Å²) in [6.45, 7) is 2.07. The molecule has 1 aliphatic rings. The molecule has 3 rings (SSSR count). The predicted octanol–water partition coefficient (Wildman–Crippen LogP) is 2.00.